The molecule has 2 fully saturated rings. The summed E-state index contributed by atoms with van der Waals surface area (Å²) in [6.07, 6.45) is 3.50. The Morgan fingerprint density at radius 1 is 1.36 bits per heavy atom. The molecule has 0 spiro atoms. The molecule has 0 aromatic carbocycles. The molecule has 7 nitrogen and oxygen atoms in total. The van der Waals surface area contributed by atoms with Gasteiger partial charge in [-0.05, 0) is 12.8 Å². The van der Waals surface area contributed by atoms with Gasteiger partial charge in [0, 0.05) is 19.4 Å². The first-order valence-corrected chi connectivity index (χ1v) is 9.13. The Hall–Kier alpha value is -1.14. The van der Waals surface area contributed by atoms with E-state index in [-0.39, 0.29) is 24.8 Å². The van der Waals surface area contributed by atoms with Gasteiger partial charge in [-0.25, -0.2) is 0 Å². The number of rotatable bonds is 6. The summed E-state index contributed by atoms with van der Waals surface area (Å²) < 4.78 is 36.9. The molecule has 1 atom stereocenters. The summed E-state index contributed by atoms with van der Waals surface area (Å²) >= 11 is 0. The van der Waals surface area contributed by atoms with Crippen LogP contribution in [-0.4, -0.2) is 64.2 Å². The highest BCUT2D eigenvalue weighted by Crippen LogP contribution is 2.19. The zero-order valence-corrected chi connectivity index (χ0v) is 13.4. The molecule has 0 aromatic rings. The third-order valence-corrected chi connectivity index (χ3v) is 4.02. The van der Waals surface area contributed by atoms with Crippen LogP contribution in [0.2, 0.25) is 0 Å². The third-order valence-electron chi connectivity index (χ3n) is 3.47. The lowest BCUT2D eigenvalue weighted by Crippen LogP contribution is -2.33. The molecule has 124 valence electrons. The van der Waals surface area contributed by atoms with Crippen molar-refractivity contribution >= 4 is 16.0 Å². The van der Waals surface area contributed by atoms with Crippen molar-refractivity contribution in [2.75, 3.05) is 32.6 Å². The van der Waals surface area contributed by atoms with Crippen LogP contribution in [0.1, 0.15) is 25.7 Å². The summed E-state index contributed by atoms with van der Waals surface area (Å²) in [5, 5.41) is 0. The maximum Gasteiger partial charge on any atom is 0.265 e. The molecule has 22 heavy (non-hydrogen) atoms. The standard InChI is InChI=1S/C14H21NO6S/c1-22(17,18)21-9-3-4-12-6-7-13(16)15(12)8-2-5-14-19-10-11-20-14/h12,14H,2,5-11H2,1H3. The van der Waals surface area contributed by atoms with E-state index in [1.165, 1.54) is 0 Å². The summed E-state index contributed by atoms with van der Waals surface area (Å²) in [5.74, 6) is 5.67. The molecule has 2 rings (SSSR count). The lowest BCUT2D eigenvalue weighted by molar-refractivity contribution is -0.128. The Morgan fingerprint density at radius 3 is 2.77 bits per heavy atom. The van der Waals surface area contributed by atoms with E-state index in [1.807, 2.05) is 0 Å². The number of carbonyl (C=O) groups excluding carboxylic acids is 1. The number of likely N-dealkylation sites (tertiary alicyclic amines) is 1. The Morgan fingerprint density at radius 2 is 2.09 bits per heavy atom. The second kappa shape index (κ2) is 7.92. The summed E-state index contributed by atoms with van der Waals surface area (Å²) in [4.78, 5) is 13.6. The van der Waals surface area contributed by atoms with Crippen molar-refractivity contribution in [3.8, 4) is 11.8 Å². The van der Waals surface area contributed by atoms with Gasteiger partial charge in [0.05, 0.1) is 25.5 Å². The lowest BCUT2D eigenvalue weighted by atomic mass is 10.2. The van der Waals surface area contributed by atoms with Crippen molar-refractivity contribution < 1.29 is 26.9 Å². The Kier molecular flexibility index (Phi) is 6.20. The van der Waals surface area contributed by atoms with Gasteiger partial charge in [0.2, 0.25) is 5.91 Å². The van der Waals surface area contributed by atoms with Gasteiger partial charge in [-0.2, -0.15) is 8.42 Å². The van der Waals surface area contributed by atoms with Crippen LogP contribution in [0.25, 0.3) is 0 Å². The zero-order valence-electron chi connectivity index (χ0n) is 12.6. The van der Waals surface area contributed by atoms with Crippen molar-refractivity contribution in [2.45, 2.75) is 38.0 Å². The first-order valence-electron chi connectivity index (χ1n) is 7.31. The van der Waals surface area contributed by atoms with Gasteiger partial charge in [-0.1, -0.05) is 11.8 Å². The molecule has 8 heteroatoms. The van der Waals surface area contributed by atoms with Crippen LogP contribution in [-0.2, 0) is 28.6 Å². The smallest absolute Gasteiger partial charge is 0.265 e. The average molecular weight is 331 g/mol. The van der Waals surface area contributed by atoms with Crippen LogP contribution < -0.4 is 0 Å². The van der Waals surface area contributed by atoms with Crippen molar-refractivity contribution in [1.82, 2.24) is 4.90 Å². The van der Waals surface area contributed by atoms with Gasteiger partial charge in [0.15, 0.2) is 6.29 Å². The first-order chi connectivity index (χ1) is 10.5. The number of hydrogen-bond donors (Lipinski definition) is 0. The van der Waals surface area contributed by atoms with E-state index in [9.17, 15) is 13.2 Å². The number of ether oxygens (including phenoxy) is 2. The summed E-state index contributed by atoms with van der Waals surface area (Å²) in [5.41, 5.74) is 0. The molecular weight excluding hydrogens is 310 g/mol. The number of nitrogens with zero attached hydrogens (tertiary/aromatic N) is 1. The van der Waals surface area contributed by atoms with Crippen molar-refractivity contribution in [1.29, 1.82) is 0 Å². The largest absolute Gasteiger partial charge is 0.350 e. The summed E-state index contributed by atoms with van der Waals surface area (Å²) in [7, 11) is -3.48. The minimum atomic E-state index is -3.48. The molecule has 2 saturated heterocycles. The average Bonchev–Trinajstić information content (AvgIpc) is 3.06. The normalized spacial score (nSPS) is 22.9. The molecule has 1 unspecified atom stereocenters. The minimum absolute atomic E-state index is 0.0802. The fraction of sp³-hybridized carbons (Fsp3) is 0.786. The molecule has 2 aliphatic rings. The van der Waals surface area contributed by atoms with Crippen LogP contribution in [0.5, 0.6) is 0 Å². The van der Waals surface area contributed by atoms with E-state index < -0.39 is 10.1 Å². The van der Waals surface area contributed by atoms with E-state index in [0.717, 1.165) is 19.1 Å². The topological polar surface area (TPSA) is 82.1 Å². The Bertz CT molecular complexity index is 543. The first kappa shape index (κ1) is 17.2. The molecular formula is C14H21NO6S. The fourth-order valence-electron chi connectivity index (χ4n) is 2.46. The monoisotopic (exact) mass is 331 g/mol. The van der Waals surface area contributed by atoms with Crippen molar-refractivity contribution in [2.24, 2.45) is 0 Å². The van der Waals surface area contributed by atoms with Crippen LogP contribution in [0.15, 0.2) is 0 Å². The third kappa shape index (κ3) is 5.57. The predicted molar refractivity (Wildman–Crippen MR) is 78.2 cm³/mol. The van der Waals surface area contributed by atoms with E-state index in [4.69, 9.17) is 9.47 Å². The molecule has 0 N–H and O–H groups in total. The summed E-state index contributed by atoms with van der Waals surface area (Å²) in [6.45, 7) is 1.68. The Labute approximate surface area is 131 Å². The van der Waals surface area contributed by atoms with Gasteiger partial charge < -0.3 is 14.4 Å². The quantitative estimate of drug-likeness (QED) is 0.507. The van der Waals surface area contributed by atoms with Gasteiger partial charge in [-0.3, -0.25) is 8.98 Å². The maximum absolute atomic E-state index is 11.9. The van der Waals surface area contributed by atoms with Crippen LogP contribution in [0, 0.1) is 11.8 Å². The molecule has 0 saturated carbocycles. The minimum Gasteiger partial charge on any atom is -0.350 e. The van der Waals surface area contributed by atoms with Crippen molar-refractivity contribution in [3.05, 3.63) is 0 Å². The van der Waals surface area contributed by atoms with Crippen molar-refractivity contribution in [3.63, 3.8) is 0 Å². The van der Waals surface area contributed by atoms with Gasteiger partial charge in [0.25, 0.3) is 10.1 Å². The van der Waals surface area contributed by atoms with E-state index in [1.54, 1.807) is 4.90 Å². The highest BCUT2D eigenvalue weighted by Gasteiger charge is 2.29. The van der Waals surface area contributed by atoms with Gasteiger partial charge >= 0.3 is 0 Å². The van der Waals surface area contributed by atoms with Gasteiger partial charge in [0.1, 0.15) is 6.61 Å². The molecule has 0 aromatic heterocycles. The molecule has 2 aliphatic heterocycles. The maximum atomic E-state index is 11.9. The van der Waals surface area contributed by atoms with Crippen LogP contribution in [0.4, 0.5) is 0 Å². The van der Waals surface area contributed by atoms with E-state index >= 15 is 0 Å². The lowest BCUT2D eigenvalue weighted by Gasteiger charge is -2.21. The predicted octanol–water partition coefficient (Wildman–Crippen LogP) is 0.110. The fourth-order valence-corrected chi connectivity index (χ4v) is 2.74. The second-order valence-corrected chi connectivity index (χ2v) is 6.89. The van der Waals surface area contributed by atoms with E-state index in [2.05, 4.69) is 16.0 Å². The molecule has 0 bridgehead atoms. The summed E-state index contributed by atoms with van der Waals surface area (Å²) in [6, 6.07) is -0.166. The molecule has 0 radical (unpaired) electrons. The SMILES string of the molecule is CS(=O)(=O)OCC#CC1CCC(=O)N1CCCC1OCCO1. The second-order valence-electron chi connectivity index (χ2n) is 5.24. The highest BCUT2D eigenvalue weighted by molar-refractivity contribution is 7.86. The number of hydrogen-bond acceptors (Lipinski definition) is 6. The molecule has 2 heterocycles. The zero-order chi connectivity index (χ0) is 16.0. The highest BCUT2D eigenvalue weighted by atomic mass is 32.2. The van der Waals surface area contributed by atoms with Crippen LogP contribution in [0.3, 0.4) is 0 Å². The number of carbonyl (C=O) groups is 1. The Balaban J connectivity index is 1.77. The molecule has 1 amide bonds. The van der Waals surface area contributed by atoms with Crippen LogP contribution >= 0.6 is 0 Å². The number of amides is 1. The van der Waals surface area contributed by atoms with Gasteiger partial charge in [-0.15, -0.1) is 0 Å². The molecule has 0 aliphatic carbocycles. The van der Waals surface area contributed by atoms with E-state index in [0.29, 0.717) is 32.6 Å².